The van der Waals surface area contributed by atoms with Crippen molar-refractivity contribution in [2.75, 3.05) is 6.54 Å². The van der Waals surface area contributed by atoms with Crippen LogP contribution in [0, 0.1) is 17.6 Å². The van der Waals surface area contributed by atoms with Gasteiger partial charge in [-0.15, -0.1) is 0 Å². The van der Waals surface area contributed by atoms with Gasteiger partial charge in [0.25, 0.3) is 5.91 Å². The molecule has 3 N–H and O–H groups in total. The highest BCUT2D eigenvalue weighted by molar-refractivity contribution is 6.33. The standard InChI is InChI=1S/C14H19ClF2N2O/c1-8(2)6-14(3,7-18)19-13(20)9-4-11(16)12(17)5-10(9)15/h4-5,8H,6-7,18H2,1-3H3,(H,19,20). The highest BCUT2D eigenvalue weighted by Gasteiger charge is 2.27. The van der Waals surface area contributed by atoms with Crippen molar-refractivity contribution in [1.82, 2.24) is 5.32 Å². The van der Waals surface area contributed by atoms with Gasteiger partial charge in [-0.3, -0.25) is 4.79 Å². The van der Waals surface area contributed by atoms with Crippen LogP contribution in [-0.2, 0) is 0 Å². The lowest BCUT2D eigenvalue weighted by molar-refractivity contribution is 0.0898. The fourth-order valence-electron chi connectivity index (χ4n) is 2.12. The zero-order valence-corrected chi connectivity index (χ0v) is 12.5. The van der Waals surface area contributed by atoms with Crippen LogP contribution in [0.1, 0.15) is 37.6 Å². The zero-order chi connectivity index (χ0) is 15.5. The van der Waals surface area contributed by atoms with Gasteiger partial charge in [-0.2, -0.15) is 0 Å². The van der Waals surface area contributed by atoms with Gasteiger partial charge < -0.3 is 11.1 Å². The van der Waals surface area contributed by atoms with E-state index in [0.717, 1.165) is 12.1 Å². The summed E-state index contributed by atoms with van der Waals surface area (Å²) in [5.41, 5.74) is 4.96. The fourth-order valence-corrected chi connectivity index (χ4v) is 2.36. The van der Waals surface area contributed by atoms with Crippen molar-refractivity contribution in [1.29, 1.82) is 0 Å². The summed E-state index contributed by atoms with van der Waals surface area (Å²) in [6.07, 6.45) is 0.663. The number of carbonyl (C=O) groups excluding carboxylic acids is 1. The van der Waals surface area contributed by atoms with E-state index in [4.69, 9.17) is 17.3 Å². The van der Waals surface area contributed by atoms with E-state index in [9.17, 15) is 13.6 Å². The Morgan fingerprint density at radius 2 is 1.95 bits per heavy atom. The van der Waals surface area contributed by atoms with E-state index in [1.165, 1.54) is 0 Å². The molecule has 1 unspecified atom stereocenters. The third-order valence-corrected chi connectivity index (χ3v) is 3.29. The van der Waals surface area contributed by atoms with Crippen LogP contribution in [0.25, 0.3) is 0 Å². The summed E-state index contributed by atoms with van der Waals surface area (Å²) in [5, 5.41) is 2.61. The first-order valence-electron chi connectivity index (χ1n) is 6.35. The SMILES string of the molecule is CC(C)CC(C)(CN)NC(=O)c1cc(F)c(F)cc1Cl. The van der Waals surface area contributed by atoms with Crippen LogP contribution in [0.2, 0.25) is 5.02 Å². The van der Waals surface area contributed by atoms with Crippen LogP contribution >= 0.6 is 11.6 Å². The molecule has 0 saturated heterocycles. The predicted octanol–water partition coefficient (Wildman–Crippen LogP) is 3.11. The molecule has 3 nitrogen and oxygen atoms in total. The molecule has 0 heterocycles. The first-order valence-corrected chi connectivity index (χ1v) is 6.73. The minimum Gasteiger partial charge on any atom is -0.346 e. The van der Waals surface area contributed by atoms with Gasteiger partial charge in [-0.05, 0) is 31.4 Å². The molecule has 0 aliphatic heterocycles. The molecule has 0 saturated carbocycles. The van der Waals surface area contributed by atoms with Crippen LogP contribution in [0.15, 0.2) is 12.1 Å². The zero-order valence-electron chi connectivity index (χ0n) is 11.8. The lowest BCUT2D eigenvalue weighted by Gasteiger charge is -2.31. The van der Waals surface area contributed by atoms with Gasteiger partial charge in [0.05, 0.1) is 10.6 Å². The molecule has 0 aliphatic carbocycles. The molecule has 1 aromatic rings. The van der Waals surface area contributed by atoms with E-state index >= 15 is 0 Å². The molecule has 1 rings (SSSR count). The highest BCUT2D eigenvalue weighted by atomic mass is 35.5. The number of halogens is 3. The molecule has 1 atom stereocenters. The van der Waals surface area contributed by atoms with Crippen molar-refractivity contribution in [2.24, 2.45) is 11.7 Å². The molecule has 0 spiro atoms. The van der Waals surface area contributed by atoms with E-state index in [1.54, 1.807) is 6.92 Å². The Bertz CT molecular complexity index is 508. The average molecular weight is 305 g/mol. The summed E-state index contributed by atoms with van der Waals surface area (Å²) in [7, 11) is 0. The van der Waals surface area contributed by atoms with Crippen molar-refractivity contribution in [3.63, 3.8) is 0 Å². The van der Waals surface area contributed by atoms with Gasteiger partial charge >= 0.3 is 0 Å². The second-order valence-electron chi connectivity index (χ2n) is 5.56. The molecule has 0 aromatic heterocycles. The Labute approximate surface area is 122 Å². The van der Waals surface area contributed by atoms with Gasteiger partial charge in [0, 0.05) is 12.1 Å². The smallest absolute Gasteiger partial charge is 0.253 e. The number of benzene rings is 1. The van der Waals surface area contributed by atoms with Crippen molar-refractivity contribution in [2.45, 2.75) is 32.7 Å². The molecule has 0 bridgehead atoms. The van der Waals surface area contributed by atoms with E-state index in [0.29, 0.717) is 12.3 Å². The number of amides is 1. The quantitative estimate of drug-likeness (QED) is 0.821. The Morgan fingerprint density at radius 3 is 2.45 bits per heavy atom. The predicted molar refractivity (Wildman–Crippen MR) is 75.7 cm³/mol. The minimum absolute atomic E-state index is 0.103. The summed E-state index contributed by atoms with van der Waals surface area (Å²) in [6, 6.07) is 1.58. The van der Waals surface area contributed by atoms with Crippen molar-refractivity contribution in [3.8, 4) is 0 Å². The maximum absolute atomic E-state index is 13.2. The van der Waals surface area contributed by atoms with Gasteiger partial charge in [0.15, 0.2) is 11.6 Å². The Balaban J connectivity index is 2.98. The largest absolute Gasteiger partial charge is 0.346 e. The second kappa shape index (κ2) is 6.50. The Hall–Kier alpha value is -1.20. The fraction of sp³-hybridized carbons (Fsp3) is 0.500. The van der Waals surface area contributed by atoms with Gasteiger partial charge in [0.1, 0.15) is 0 Å². The van der Waals surface area contributed by atoms with Crippen LogP contribution < -0.4 is 11.1 Å². The first-order chi connectivity index (χ1) is 9.18. The molecule has 1 amide bonds. The number of carbonyl (C=O) groups is 1. The molecule has 0 fully saturated rings. The maximum atomic E-state index is 13.2. The van der Waals surface area contributed by atoms with Crippen molar-refractivity contribution >= 4 is 17.5 Å². The summed E-state index contributed by atoms with van der Waals surface area (Å²) >= 11 is 5.78. The summed E-state index contributed by atoms with van der Waals surface area (Å²) in [4.78, 5) is 12.1. The number of hydrogen-bond donors (Lipinski definition) is 2. The number of nitrogens with one attached hydrogen (secondary N) is 1. The lowest BCUT2D eigenvalue weighted by Crippen LogP contribution is -2.52. The third-order valence-electron chi connectivity index (χ3n) is 2.98. The number of hydrogen-bond acceptors (Lipinski definition) is 2. The monoisotopic (exact) mass is 304 g/mol. The maximum Gasteiger partial charge on any atom is 0.253 e. The Kier molecular flexibility index (Phi) is 5.48. The lowest BCUT2D eigenvalue weighted by atomic mass is 9.90. The van der Waals surface area contributed by atoms with Gasteiger partial charge in [0.2, 0.25) is 0 Å². The summed E-state index contributed by atoms with van der Waals surface area (Å²) in [5.74, 6) is -2.44. The van der Waals surface area contributed by atoms with E-state index < -0.39 is 23.1 Å². The van der Waals surface area contributed by atoms with Crippen LogP contribution in [0.4, 0.5) is 8.78 Å². The third kappa shape index (κ3) is 4.15. The highest BCUT2D eigenvalue weighted by Crippen LogP contribution is 2.22. The molecular weight excluding hydrogens is 286 g/mol. The van der Waals surface area contributed by atoms with Gasteiger partial charge in [-0.1, -0.05) is 25.4 Å². The first kappa shape index (κ1) is 16.9. The number of rotatable bonds is 5. The van der Waals surface area contributed by atoms with Gasteiger partial charge in [-0.25, -0.2) is 8.78 Å². The van der Waals surface area contributed by atoms with Crippen LogP contribution in [0.3, 0.4) is 0 Å². The topological polar surface area (TPSA) is 55.1 Å². The molecule has 112 valence electrons. The Morgan fingerprint density at radius 1 is 1.40 bits per heavy atom. The average Bonchev–Trinajstić information content (AvgIpc) is 2.32. The van der Waals surface area contributed by atoms with Crippen molar-refractivity contribution < 1.29 is 13.6 Å². The summed E-state index contributed by atoms with van der Waals surface area (Å²) < 4.78 is 26.2. The molecule has 0 radical (unpaired) electrons. The van der Waals surface area contributed by atoms with E-state index in [2.05, 4.69) is 5.32 Å². The molecule has 1 aromatic carbocycles. The van der Waals surface area contributed by atoms with Crippen LogP contribution in [0.5, 0.6) is 0 Å². The van der Waals surface area contributed by atoms with E-state index in [-0.39, 0.29) is 17.1 Å². The summed E-state index contributed by atoms with van der Waals surface area (Å²) in [6.45, 7) is 6.05. The second-order valence-corrected chi connectivity index (χ2v) is 5.97. The molecule has 20 heavy (non-hydrogen) atoms. The molecule has 0 aliphatic rings. The normalized spacial score (nSPS) is 14.2. The molecular formula is C14H19ClF2N2O. The van der Waals surface area contributed by atoms with Crippen molar-refractivity contribution in [3.05, 3.63) is 34.4 Å². The number of nitrogens with two attached hydrogens (primary N) is 1. The van der Waals surface area contributed by atoms with E-state index in [1.807, 2.05) is 13.8 Å². The molecule has 6 heteroatoms. The minimum atomic E-state index is -1.11. The van der Waals surface area contributed by atoms with Crippen LogP contribution in [-0.4, -0.2) is 18.0 Å².